The van der Waals surface area contributed by atoms with E-state index in [1.807, 2.05) is 4.90 Å². The van der Waals surface area contributed by atoms with Gasteiger partial charge in [-0.05, 0) is 31.0 Å². The summed E-state index contributed by atoms with van der Waals surface area (Å²) in [6.07, 6.45) is 7.90. The molecule has 1 aliphatic heterocycles. The second-order valence-electron chi connectivity index (χ2n) is 7.28. The average Bonchev–Trinajstić information content (AvgIpc) is 2.98. The Hall–Kier alpha value is -1.79. The molecule has 1 saturated carbocycles. The first-order valence-corrected chi connectivity index (χ1v) is 10.1. The zero-order valence-corrected chi connectivity index (χ0v) is 16.6. The number of ether oxygens (including phenoxy) is 1. The predicted molar refractivity (Wildman–Crippen MR) is 106 cm³/mol. The first-order chi connectivity index (χ1) is 13.1. The third kappa shape index (κ3) is 5.14. The van der Waals surface area contributed by atoms with Gasteiger partial charge in [-0.1, -0.05) is 37.3 Å². The molecule has 6 nitrogen and oxygen atoms in total. The Kier molecular flexibility index (Phi) is 6.96. The summed E-state index contributed by atoms with van der Waals surface area (Å²) in [5, 5.41) is 3.23. The molecule has 0 bridgehead atoms. The summed E-state index contributed by atoms with van der Waals surface area (Å²) in [4.78, 5) is 28.7. The molecule has 2 amide bonds. The van der Waals surface area contributed by atoms with Gasteiger partial charge in [0.2, 0.25) is 0 Å². The minimum atomic E-state index is -0.459. The van der Waals surface area contributed by atoms with Crippen molar-refractivity contribution in [3.63, 3.8) is 0 Å². The van der Waals surface area contributed by atoms with Crippen molar-refractivity contribution in [1.82, 2.24) is 9.80 Å². The van der Waals surface area contributed by atoms with E-state index in [-0.39, 0.29) is 6.03 Å². The number of methoxy groups -OCH3 is 1. The van der Waals surface area contributed by atoms with E-state index in [9.17, 15) is 9.59 Å². The first-order valence-electron chi connectivity index (χ1n) is 9.76. The van der Waals surface area contributed by atoms with Crippen molar-refractivity contribution in [2.24, 2.45) is 0 Å². The molecule has 1 N–H and O–H groups in total. The number of nitrogens with one attached hydrogen (secondary N) is 1. The molecule has 2 fully saturated rings. The smallest absolute Gasteiger partial charge is 0.337 e. The van der Waals surface area contributed by atoms with Crippen LogP contribution in [0.25, 0.3) is 0 Å². The lowest BCUT2D eigenvalue weighted by Crippen LogP contribution is -2.52. The largest absolute Gasteiger partial charge is 0.465 e. The fraction of sp³-hybridized carbons (Fsp3) is 0.600. The number of anilines is 1. The lowest BCUT2D eigenvalue weighted by atomic mass is 10.1. The van der Waals surface area contributed by atoms with Crippen LogP contribution in [-0.4, -0.2) is 61.1 Å². The van der Waals surface area contributed by atoms with Crippen LogP contribution in [0.2, 0.25) is 5.02 Å². The second kappa shape index (κ2) is 9.42. The molecule has 27 heavy (non-hydrogen) atoms. The highest BCUT2D eigenvalue weighted by molar-refractivity contribution is 6.33. The highest BCUT2D eigenvalue weighted by Gasteiger charge is 2.26. The number of piperazine rings is 1. The number of esters is 1. The molecule has 1 aromatic carbocycles. The van der Waals surface area contributed by atoms with E-state index in [0.717, 1.165) is 13.1 Å². The van der Waals surface area contributed by atoms with Crippen LogP contribution in [0.1, 0.15) is 48.9 Å². The highest BCUT2D eigenvalue weighted by Crippen LogP contribution is 2.25. The Morgan fingerprint density at radius 2 is 1.74 bits per heavy atom. The number of carbonyl (C=O) groups is 2. The van der Waals surface area contributed by atoms with Gasteiger partial charge >= 0.3 is 12.0 Å². The lowest BCUT2D eigenvalue weighted by molar-refractivity contribution is 0.0600. The molecule has 0 atom stereocenters. The summed E-state index contributed by atoms with van der Waals surface area (Å²) in [5.74, 6) is -0.459. The highest BCUT2D eigenvalue weighted by atomic mass is 35.5. The van der Waals surface area contributed by atoms with Gasteiger partial charge in [0.25, 0.3) is 0 Å². The number of carbonyl (C=O) groups excluding carboxylic acids is 2. The number of rotatable bonds is 3. The summed E-state index contributed by atoms with van der Waals surface area (Å²) in [7, 11) is 1.32. The van der Waals surface area contributed by atoms with E-state index >= 15 is 0 Å². The van der Waals surface area contributed by atoms with E-state index in [1.165, 1.54) is 45.6 Å². The molecule has 148 valence electrons. The number of hydrogen-bond acceptors (Lipinski definition) is 4. The van der Waals surface area contributed by atoms with Gasteiger partial charge in [0, 0.05) is 32.2 Å². The molecular formula is C20H28ClN3O3. The average molecular weight is 394 g/mol. The van der Waals surface area contributed by atoms with Crippen molar-refractivity contribution in [2.75, 3.05) is 38.6 Å². The minimum Gasteiger partial charge on any atom is -0.465 e. The van der Waals surface area contributed by atoms with Crippen molar-refractivity contribution < 1.29 is 14.3 Å². The van der Waals surface area contributed by atoms with Crippen molar-refractivity contribution in [3.8, 4) is 0 Å². The molecule has 0 radical (unpaired) electrons. The van der Waals surface area contributed by atoms with E-state index < -0.39 is 5.97 Å². The topological polar surface area (TPSA) is 61.9 Å². The minimum absolute atomic E-state index is 0.181. The molecule has 0 aromatic heterocycles. The van der Waals surface area contributed by atoms with Crippen LogP contribution < -0.4 is 5.32 Å². The van der Waals surface area contributed by atoms with E-state index in [1.54, 1.807) is 18.2 Å². The van der Waals surface area contributed by atoms with Crippen LogP contribution in [0.3, 0.4) is 0 Å². The molecule has 1 saturated heterocycles. The summed E-state index contributed by atoms with van der Waals surface area (Å²) in [5.41, 5.74) is 0.783. The molecule has 0 spiro atoms. The molecule has 3 rings (SSSR count). The zero-order valence-electron chi connectivity index (χ0n) is 15.9. The Labute approximate surface area is 165 Å². The number of nitrogens with zero attached hydrogens (tertiary/aromatic N) is 2. The zero-order chi connectivity index (χ0) is 19.2. The van der Waals surface area contributed by atoms with Gasteiger partial charge in [0.05, 0.1) is 23.4 Å². The van der Waals surface area contributed by atoms with Crippen molar-refractivity contribution in [2.45, 2.75) is 44.6 Å². The molecule has 1 heterocycles. The van der Waals surface area contributed by atoms with Gasteiger partial charge in [-0.25, -0.2) is 9.59 Å². The summed E-state index contributed by atoms with van der Waals surface area (Å²) >= 11 is 6.17. The van der Waals surface area contributed by atoms with Crippen molar-refractivity contribution in [1.29, 1.82) is 0 Å². The van der Waals surface area contributed by atoms with Crippen molar-refractivity contribution >= 4 is 29.3 Å². The Morgan fingerprint density at radius 1 is 1.07 bits per heavy atom. The lowest BCUT2D eigenvalue weighted by Gasteiger charge is -2.39. The normalized spacial score (nSPS) is 19.4. The maximum Gasteiger partial charge on any atom is 0.337 e. The third-order valence-electron chi connectivity index (χ3n) is 5.57. The van der Waals surface area contributed by atoms with Crippen LogP contribution in [0, 0.1) is 0 Å². The third-order valence-corrected chi connectivity index (χ3v) is 5.90. The summed E-state index contributed by atoms with van der Waals surface area (Å²) in [6.45, 7) is 3.23. The Bertz CT molecular complexity index is 666. The van der Waals surface area contributed by atoms with Crippen LogP contribution in [-0.2, 0) is 4.74 Å². The fourth-order valence-corrected chi connectivity index (χ4v) is 4.14. The molecule has 0 unspecified atom stereocenters. The Morgan fingerprint density at radius 3 is 2.37 bits per heavy atom. The summed E-state index contributed by atoms with van der Waals surface area (Å²) in [6, 6.07) is 5.21. The number of amides is 2. The van der Waals surface area contributed by atoms with Gasteiger partial charge in [0.15, 0.2) is 0 Å². The van der Waals surface area contributed by atoms with Crippen LogP contribution in [0.4, 0.5) is 10.5 Å². The van der Waals surface area contributed by atoms with Crippen LogP contribution >= 0.6 is 11.6 Å². The monoisotopic (exact) mass is 393 g/mol. The number of urea groups is 1. The van der Waals surface area contributed by atoms with Crippen LogP contribution in [0.15, 0.2) is 18.2 Å². The standard InChI is InChI=1S/C20H28ClN3O3/c1-27-19(25)15-8-9-17(21)18(14-15)22-20(26)24-12-10-23(11-13-24)16-6-4-2-3-5-7-16/h8-9,14,16H,2-7,10-13H2,1H3,(H,22,26). The number of halogens is 1. The molecular weight excluding hydrogens is 366 g/mol. The number of benzene rings is 1. The van der Waals surface area contributed by atoms with E-state index in [2.05, 4.69) is 10.2 Å². The van der Waals surface area contributed by atoms with E-state index in [0.29, 0.717) is 35.4 Å². The van der Waals surface area contributed by atoms with Crippen molar-refractivity contribution in [3.05, 3.63) is 28.8 Å². The summed E-state index contributed by atoms with van der Waals surface area (Å²) < 4.78 is 4.72. The van der Waals surface area contributed by atoms with Crippen LogP contribution in [0.5, 0.6) is 0 Å². The first kappa shape index (κ1) is 20.0. The van der Waals surface area contributed by atoms with Gasteiger partial charge in [-0.2, -0.15) is 0 Å². The molecule has 1 aromatic rings. The molecule has 2 aliphatic rings. The molecule has 1 aliphatic carbocycles. The SMILES string of the molecule is COC(=O)c1ccc(Cl)c(NC(=O)N2CCN(C3CCCCCC3)CC2)c1. The maximum absolute atomic E-state index is 12.6. The van der Waals surface area contributed by atoms with Gasteiger partial charge in [-0.3, -0.25) is 4.90 Å². The maximum atomic E-state index is 12.6. The quantitative estimate of drug-likeness (QED) is 0.622. The Balaban J connectivity index is 1.56. The second-order valence-corrected chi connectivity index (χ2v) is 7.69. The fourth-order valence-electron chi connectivity index (χ4n) is 3.97. The number of hydrogen-bond donors (Lipinski definition) is 1. The molecule has 7 heteroatoms. The van der Waals surface area contributed by atoms with Gasteiger partial charge < -0.3 is 15.0 Å². The van der Waals surface area contributed by atoms with Gasteiger partial charge in [0.1, 0.15) is 0 Å². The van der Waals surface area contributed by atoms with E-state index in [4.69, 9.17) is 16.3 Å². The predicted octanol–water partition coefficient (Wildman–Crippen LogP) is 4.00. The van der Waals surface area contributed by atoms with Gasteiger partial charge in [-0.15, -0.1) is 0 Å².